The van der Waals surface area contributed by atoms with E-state index in [1.165, 1.54) is 0 Å². The highest BCUT2D eigenvalue weighted by molar-refractivity contribution is 6.02. The third kappa shape index (κ3) is 3.13. The van der Waals surface area contributed by atoms with Gasteiger partial charge in [-0.1, -0.05) is 6.92 Å². The lowest BCUT2D eigenvalue weighted by Crippen LogP contribution is -2.18. The summed E-state index contributed by atoms with van der Waals surface area (Å²) in [6.45, 7) is 7.25. The van der Waals surface area contributed by atoms with E-state index in [0.29, 0.717) is 5.56 Å². The van der Waals surface area contributed by atoms with Crippen LogP contribution in [0.15, 0.2) is 6.07 Å². The van der Waals surface area contributed by atoms with Crippen molar-refractivity contribution in [2.75, 3.05) is 7.11 Å². The van der Waals surface area contributed by atoms with Crippen LogP contribution in [0.1, 0.15) is 40.4 Å². The number of carboxylic acid groups (broad SMARTS) is 1. The van der Waals surface area contributed by atoms with Crippen LogP contribution in [0, 0.1) is 26.7 Å². The normalized spacial score (nSPS) is 12.1. The van der Waals surface area contributed by atoms with Gasteiger partial charge in [-0.3, -0.25) is 9.59 Å². The second kappa shape index (κ2) is 5.87. The second-order valence-corrected chi connectivity index (χ2v) is 4.88. The number of carbonyl (C=O) groups is 2. The molecule has 0 heterocycles. The Bertz CT molecular complexity index is 517. The van der Waals surface area contributed by atoms with Gasteiger partial charge in [-0.2, -0.15) is 0 Å². The van der Waals surface area contributed by atoms with Gasteiger partial charge in [0.1, 0.15) is 5.75 Å². The zero-order valence-electron chi connectivity index (χ0n) is 12.0. The third-order valence-electron chi connectivity index (χ3n) is 3.44. The molecule has 1 atom stereocenters. The van der Waals surface area contributed by atoms with E-state index in [0.717, 1.165) is 22.4 Å². The number of carboxylic acids is 1. The quantitative estimate of drug-likeness (QED) is 0.830. The number of rotatable bonds is 5. The van der Waals surface area contributed by atoms with Crippen molar-refractivity contribution in [1.29, 1.82) is 0 Å². The van der Waals surface area contributed by atoms with Gasteiger partial charge in [-0.25, -0.2) is 0 Å². The lowest BCUT2D eigenvalue weighted by molar-refractivity contribution is -0.137. The molecule has 1 N–H and O–H groups in total. The number of ketones is 1. The first-order chi connectivity index (χ1) is 8.79. The van der Waals surface area contributed by atoms with Crippen molar-refractivity contribution in [3.8, 4) is 5.75 Å². The largest absolute Gasteiger partial charge is 0.496 e. The van der Waals surface area contributed by atoms with Gasteiger partial charge in [0.15, 0.2) is 5.78 Å². The summed E-state index contributed by atoms with van der Waals surface area (Å²) < 4.78 is 5.26. The number of methoxy groups -OCH3 is 1. The van der Waals surface area contributed by atoms with Gasteiger partial charge >= 0.3 is 5.97 Å². The number of aryl methyl sites for hydroxylation is 1. The van der Waals surface area contributed by atoms with Crippen LogP contribution < -0.4 is 4.74 Å². The molecule has 0 aliphatic rings. The maximum Gasteiger partial charge on any atom is 0.304 e. The van der Waals surface area contributed by atoms with Crippen LogP contribution in [0.3, 0.4) is 0 Å². The molecule has 0 saturated carbocycles. The molecule has 19 heavy (non-hydrogen) atoms. The van der Waals surface area contributed by atoms with Gasteiger partial charge in [0.25, 0.3) is 0 Å². The van der Waals surface area contributed by atoms with Crippen LogP contribution in [0.2, 0.25) is 0 Å². The molecule has 0 amide bonds. The molecule has 0 aliphatic heterocycles. The van der Waals surface area contributed by atoms with E-state index in [9.17, 15) is 9.59 Å². The maximum atomic E-state index is 12.4. The van der Waals surface area contributed by atoms with E-state index in [-0.39, 0.29) is 12.2 Å². The molecule has 1 aromatic carbocycles. The van der Waals surface area contributed by atoms with Crippen LogP contribution in [0.4, 0.5) is 0 Å². The van der Waals surface area contributed by atoms with Crippen LogP contribution >= 0.6 is 0 Å². The number of ether oxygens (including phenoxy) is 1. The molecule has 1 unspecified atom stereocenters. The summed E-state index contributed by atoms with van der Waals surface area (Å²) in [6, 6.07) is 1.82. The first-order valence-electron chi connectivity index (χ1n) is 6.20. The monoisotopic (exact) mass is 264 g/mol. The lowest BCUT2D eigenvalue weighted by Gasteiger charge is -2.17. The van der Waals surface area contributed by atoms with Gasteiger partial charge in [0.2, 0.25) is 0 Å². The van der Waals surface area contributed by atoms with Crippen molar-refractivity contribution in [2.24, 2.45) is 5.92 Å². The molecule has 0 aromatic heterocycles. The molecule has 0 fully saturated rings. The van der Waals surface area contributed by atoms with Crippen LogP contribution in [0.5, 0.6) is 5.75 Å². The molecular formula is C15H20O4. The Kier molecular flexibility index (Phi) is 4.70. The van der Waals surface area contributed by atoms with Gasteiger partial charge in [-0.05, 0) is 43.5 Å². The first kappa shape index (κ1) is 15.2. The molecule has 1 rings (SSSR count). The van der Waals surface area contributed by atoms with Gasteiger partial charge in [0.05, 0.1) is 13.5 Å². The summed E-state index contributed by atoms with van der Waals surface area (Å²) in [4.78, 5) is 23.1. The zero-order valence-corrected chi connectivity index (χ0v) is 12.0. The maximum absolute atomic E-state index is 12.4. The van der Waals surface area contributed by atoms with Crippen molar-refractivity contribution in [3.63, 3.8) is 0 Å². The Morgan fingerprint density at radius 2 is 1.84 bits per heavy atom. The molecule has 0 spiro atoms. The van der Waals surface area contributed by atoms with Crippen molar-refractivity contribution in [1.82, 2.24) is 0 Å². The Morgan fingerprint density at radius 3 is 2.32 bits per heavy atom. The van der Waals surface area contributed by atoms with Crippen molar-refractivity contribution >= 4 is 11.8 Å². The van der Waals surface area contributed by atoms with E-state index in [1.807, 2.05) is 26.8 Å². The molecule has 0 bridgehead atoms. The molecule has 1 aromatic rings. The Hall–Kier alpha value is -1.84. The number of hydrogen-bond donors (Lipinski definition) is 1. The average Bonchev–Trinajstić information content (AvgIpc) is 2.32. The molecule has 4 nitrogen and oxygen atoms in total. The number of carbonyl (C=O) groups excluding carboxylic acids is 1. The minimum Gasteiger partial charge on any atom is -0.496 e. The first-order valence-corrected chi connectivity index (χ1v) is 6.20. The summed E-state index contributed by atoms with van der Waals surface area (Å²) in [5.74, 6) is -0.857. The van der Waals surface area contributed by atoms with Gasteiger partial charge < -0.3 is 9.84 Å². The summed E-state index contributed by atoms with van der Waals surface area (Å²) in [5.41, 5.74) is 3.22. The molecule has 4 heteroatoms. The SMILES string of the molecule is COc1cc(C)c(C(=O)C(C)CC(=O)O)c(C)c1C. The standard InChI is InChI=1S/C15H20O4/c1-8-6-12(19-5)10(3)11(4)14(8)15(18)9(2)7-13(16)17/h6,9H,7H2,1-5H3,(H,16,17). The second-order valence-electron chi connectivity index (χ2n) is 4.88. The summed E-state index contributed by atoms with van der Waals surface area (Å²) in [5, 5.41) is 8.78. The summed E-state index contributed by atoms with van der Waals surface area (Å²) >= 11 is 0. The minimum absolute atomic E-state index is 0.122. The van der Waals surface area contributed by atoms with Crippen molar-refractivity contribution < 1.29 is 19.4 Å². The van der Waals surface area contributed by atoms with E-state index < -0.39 is 11.9 Å². The fraction of sp³-hybridized carbons (Fsp3) is 0.467. The number of benzene rings is 1. The molecular weight excluding hydrogens is 244 g/mol. The van der Waals surface area contributed by atoms with Gasteiger partial charge in [0, 0.05) is 11.5 Å². The predicted molar refractivity (Wildman–Crippen MR) is 73.0 cm³/mol. The van der Waals surface area contributed by atoms with E-state index >= 15 is 0 Å². The Morgan fingerprint density at radius 1 is 1.26 bits per heavy atom. The smallest absolute Gasteiger partial charge is 0.304 e. The third-order valence-corrected chi connectivity index (χ3v) is 3.44. The number of hydrogen-bond acceptors (Lipinski definition) is 3. The fourth-order valence-corrected chi connectivity index (χ4v) is 2.24. The molecule has 104 valence electrons. The fourth-order valence-electron chi connectivity index (χ4n) is 2.24. The van der Waals surface area contributed by atoms with Crippen molar-refractivity contribution in [2.45, 2.75) is 34.1 Å². The van der Waals surface area contributed by atoms with Crippen molar-refractivity contribution in [3.05, 3.63) is 28.3 Å². The Balaban J connectivity index is 3.24. The highest BCUT2D eigenvalue weighted by atomic mass is 16.5. The highest BCUT2D eigenvalue weighted by Gasteiger charge is 2.23. The van der Waals surface area contributed by atoms with Crippen LogP contribution in [0.25, 0.3) is 0 Å². The number of Topliss-reactive ketones (excluding diaryl/α,β-unsaturated/α-hetero) is 1. The number of aliphatic carboxylic acids is 1. The summed E-state index contributed by atoms with van der Waals surface area (Å²) in [7, 11) is 1.59. The van der Waals surface area contributed by atoms with E-state index in [2.05, 4.69) is 0 Å². The average molecular weight is 264 g/mol. The zero-order chi connectivity index (χ0) is 14.7. The van der Waals surface area contributed by atoms with E-state index in [1.54, 1.807) is 14.0 Å². The lowest BCUT2D eigenvalue weighted by atomic mass is 9.88. The molecule has 0 saturated heterocycles. The van der Waals surface area contributed by atoms with Crippen LogP contribution in [-0.2, 0) is 4.79 Å². The minimum atomic E-state index is -0.957. The predicted octanol–water partition coefficient (Wildman–Crippen LogP) is 2.91. The highest BCUT2D eigenvalue weighted by Crippen LogP contribution is 2.29. The van der Waals surface area contributed by atoms with E-state index in [4.69, 9.17) is 9.84 Å². The Labute approximate surface area is 113 Å². The molecule has 0 radical (unpaired) electrons. The summed E-state index contributed by atoms with van der Waals surface area (Å²) in [6.07, 6.45) is -0.150. The van der Waals surface area contributed by atoms with Gasteiger partial charge in [-0.15, -0.1) is 0 Å². The topological polar surface area (TPSA) is 63.6 Å². The molecule has 0 aliphatic carbocycles. The van der Waals surface area contributed by atoms with Crippen LogP contribution in [-0.4, -0.2) is 24.0 Å².